The lowest BCUT2D eigenvalue weighted by atomic mass is 9.55. The molecule has 5 fully saturated rings. The van der Waals surface area contributed by atoms with E-state index in [-0.39, 0.29) is 36.1 Å². The van der Waals surface area contributed by atoms with E-state index in [9.17, 15) is 24.6 Å². The van der Waals surface area contributed by atoms with Crippen LogP contribution in [0, 0.1) is 23.2 Å². The zero-order valence-electron chi connectivity index (χ0n) is 18.9. The fraction of sp³-hybridized carbons (Fsp3) is 0.720. The molecule has 2 N–H and O–H groups in total. The van der Waals surface area contributed by atoms with E-state index in [1.165, 1.54) is 19.3 Å². The Balaban J connectivity index is 1.43. The van der Waals surface area contributed by atoms with Crippen molar-refractivity contribution in [2.75, 3.05) is 0 Å². The molecule has 6 rings (SSSR count). The minimum Gasteiger partial charge on any atom is -0.459 e. The molecule has 1 saturated heterocycles. The molecule has 5 aliphatic rings. The van der Waals surface area contributed by atoms with Crippen LogP contribution in [0.2, 0.25) is 0 Å². The summed E-state index contributed by atoms with van der Waals surface area (Å²) < 4.78 is 17.4. The zero-order chi connectivity index (χ0) is 23.3. The Bertz CT molecular complexity index is 1060. The minimum atomic E-state index is -1.14. The van der Waals surface area contributed by atoms with Crippen LogP contribution in [0.4, 0.5) is 0 Å². The van der Waals surface area contributed by atoms with E-state index in [0.29, 0.717) is 19.3 Å². The smallest absolute Gasteiger partial charge is 0.335 e. The van der Waals surface area contributed by atoms with Crippen LogP contribution in [0.25, 0.3) is 0 Å². The first-order valence-electron chi connectivity index (χ1n) is 12.0. The number of hydrogen-bond acceptors (Lipinski definition) is 8. The van der Waals surface area contributed by atoms with Crippen LogP contribution in [0.15, 0.2) is 27.6 Å². The highest BCUT2D eigenvalue weighted by atomic mass is 16.7. The van der Waals surface area contributed by atoms with Crippen LogP contribution in [-0.2, 0) is 19.1 Å². The molecule has 0 unspecified atom stereocenters. The first kappa shape index (κ1) is 21.5. The Morgan fingerprint density at radius 1 is 1.18 bits per heavy atom. The van der Waals surface area contributed by atoms with E-state index < -0.39 is 46.3 Å². The molecular weight excluding hydrogens is 428 g/mol. The maximum Gasteiger partial charge on any atom is 0.335 e. The molecule has 1 aromatic heterocycles. The van der Waals surface area contributed by atoms with Crippen molar-refractivity contribution in [1.82, 2.24) is 0 Å². The van der Waals surface area contributed by atoms with Gasteiger partial charge in [0.25, 0.3) is 0 Å². The molecule has 2 heterocycles. The van der Waals surface area contributed by atoms with Crippen molar-refractivity contribution in [3.8, 4) is 0 Å². The highest BCUT2D eigenvalue weighted by molar-refractivity contribution is 5.83. The van der Waals surface area contributed by atoms with Gasteiger partial charge in [0.1, 0.15) is 23.6 Å². The number of ketones is 1. The van der Waals surface area contributed by atoms with Crippen LogP contribution in [-0.4, -0.2) is 51.5 Å². The van der Waals surface area contributed by atoms with Gasteiger partial charge in [-0.05, 0) is 55.6 Å². The van der Waals surface area contributed by atoms with Gasteiger partial charge in [-0.2, -0.15) is 0 Å². The molecule has 0 bridgehead atoms. The first-order valence-corrected chi connectivity index (χ1v) is 12.0. The minimum absolute atomic E-state index is 0.0470. The maximum absolute atomic E-state index is 13.0. The molecule has 33 heavy (non-hydrogen) atoms. The second kappa shape index (κ2) is 6.77. The lowest BCUT2D eigenvalue weighted by molar-refractivity contribution is -0.152. The average Bonchev–Trinajstić information content (AvgIpc) is 3.39. The van der Waals surface area contributed by atoms with Gasteiger partial charge in [0.2, 0.25) is 0 Å². The third kappa shape index (κ3) is 2.66. The Morgan fingerprint density at radius 2 is 1.97 bits per heavy atom. The number of aliphatic hydroxyl groups is 2. The Hall–Kier alpha value is -2.03. The van der Waals surface area contributed by atoms with Crippen molar-refractivity contribution < 1.29 is 33.7 Å². The van der Waals surface area contributed by atoms with Crippen LogP contribution in [0.3, 0.4) is 0 Å². The van der Waals surface area contributed by atoms with Crippen molar-refractivity contribution in [1.29, 1.82) is 0 Å². The lowest BCUT2D eigenvalue weighted by Crippen LogP contribution is -2.52. The van der Waals surface area contributed by atoms with E-state index in [4.69, 9.17) is 13.9 Å². The summed E-state index contributed by atoms with van der Waals surface area (Å²) in [6, 6.07) is 3.12. The number of hydrogen-bond donors (Lipinski definition) is 2. The molecule has 10 atom stereocenters. The van der Waals surface area contributed by atoms with Gasteiger partial charge in [-0.1, -0.05) is 6.92 Å². The summed E-state index contributed by atoms with van der Waals surface area (Å²) in [6.07, 6.45) is 2.76. The summed E-state index contributed by atoms with van der Waals surface area (Å²) in [6.45, 7) is 3.52. The van der Waals surface area contributed by atoms with Gasteiger partial charge in [-0.3, -0.25) is 9.59 Å². The van der Waals surface area contributed by atoms with E-state index in [1.54, 1.807) is 6.07 Å². The van der Waals surface area contributed by atoms with Crippen LogP contribution in [0.1, 0.15) is 63.9 Å². The predicted octanol–water partition coefficient (Wildman–Crippen LogP) is 1.70. The summed E-state index contributed by atoms with van der Waals surface area (Å²) in [4.78, 5) is 36.6. The van der Waals surface area contributed by atoms with Crippen molar-refractivity contribution >= 4 is 11.8 Å². The Labute approximate surface area is 191 Å². The third-order valence-corrected chi connectivity index (χ3v) is 9.73. The number of ether oxygens (including phenoxy) is 2. The predicted molar refractivity (Wildman–Crippen MR) is 113 cm³/mol. The normalized spacial score (nSPS) is 49.9. The fourth-order valence-electron chi connectivity index (χ4n) is 8.48. The molecule has 178 valence electrons. The molecule has 1 aromatic rings. The highest BCUT2D eigenvalue weighted by Crippen LogP contribution is 2.78. The fourth-order valence-corrected chi connectivity index (χ4v) is 8.48. The second-order valence-corrected chi connectivity index (χ2v) is 11.1. The molecule has 4 saturated carbocycles. The van der Waals surface area contributed by atoms with Crippen molar-refractivity contribution in [3.63, 3.8) is 0 Å². The van der Waals surface area contributed by atoms with E-state index in [0.717, 1.165) is 18.4 Å². The standard InChI is InChI=1S/C25H30O8/c1-12(26)32-21-20(13-3-4-19(29)31-11-13)23(2)7-6-15-16(25(23)22(21)33-25)10-17-18(28)9-14(27)5-8-24(15,17)30/h3-4,11,14-17,20-22,27,30H,5-10H2,1-2H3/t14-,15-,16+,17+,20-,21+,22+,23+,24-,25+/m0/s1. The number of rotatable bonds is 2. The molecule has 0 aromatic carbocycles. The van der Waals surface area contributed by atoms with Crippen LogP contribution in [0.5, 0.6) is 0 Å². The first-order chi connectivity index (χ1) is 15.6. The molecule has 4 aliphatic carbocycles. The average molecular weight is 459 g/mol. The van der Waals surface area contributed by atoms with E-state index in [2.05, 4.69) is 6.92 Å². The molecule has 1 spiro atoms. The van der Waals surface area contributed by atoms with Crippen LogP contribution >= 0.6 is 0 Å². The largest absolute Gasteiger partial charge is 0.459 e. The monoisotopic (exact) mass is 458 g/mol. The topological polar surface area (TPSA) is 127 Å². The lowest BCUT2D eigenvalue weighted by Gasteiger charge is -2.50. The van der Waals surface area contributed by atoms with Gasteiger partial charge in [0, 0.05) is 36.7 Å². The summed E-state index contributed by atoms with van der Waals surface area (Å²) in [5.41, 5.74) is -1.81. The quantitative estimate of drug-likeness (QED) is 0.507. The molecule has 8 heteroatoms. The number of fused-ring (bicyclic) bond motifs is 3. The number of carbonyl (C=O) groups excluding carboxylic acids is 2. The molecule has 0 radical (unpaired) electrons. The molecule has 1 aliphatic heterocycles. The summed E-state index contributed by atoms with van der Waals surface area (Å²) in [5, 5.41) is 22.0. The van der Waals surface area contributed by atoms with Gasteiger partial charge in [0.15, 0.2) is 0 Å². The summed E-state index contributed by atoms with van der Waals surface area (Å²) in [7, 11) is 0. The highest BCUT2D eigenvalue weighted by Gasteiger charge is 2.86. The number of Topliss-reactive ketones (excluding diaryl/α,β-unsaturated/α-hetero) is 1. The van der Waals surface area contributed by atoms with Gasteiger partial charge in [-0.15, -0.1) is 0 Å². The second-order valence-electron chi connectivity index (χ2n) is 11.1. The van der Waals surface area contributed by atoms with Crippen molar-refractivity contribution in [2.24, 2.45) is 23.2 Å². The van der Waals surface area contributed by atoms with Gasteiger partial charge in [0.05, 0.1) is 18.0 Å². The van der Waals surface area contributed by atoms with E-state index >= 15 is 0 Å². The molecular formula is C25H30O8. The van der Waals surface area contributed by atoms with Crippen molar-refractivity contribution in [3.05, 3.63) is 34.4 Å². The number of esters is 1. The molecule has 0 amide bonds. The van der Waals surface area contributed by atoms with Crippen molar-refractivity contribution in [2.45, 2.75) is 87.8 Å². The molecule has 8 nitrogen and oxygen atoms in total. The number of carbonyl (C=O) groups is 2. The number of aliphatic hydroxyl groups excluding tert-OH is 1. The summed E-state index contributed by atoms with van der Waals surface area (Å²) in [5.74, 6) is -1.35. The van der Waals surface area contributed by atoms with Gasteiger partial charge in [-0.25, -0.2) is 4.79 Å². The van der Waals surface area contributed by atoms with Gasteiger partial charge >= 0.3 is 11.6 Å². The van der Waals surface area contributed by atoms with E-state index in [1.807, 2.05) is 0 Å². The van der Waals surface area contributed by atoms with Crippen LogP contribution < -0.4 is 5.63 Å². The maximum atomic E-state index is 13.0. The summed E-state index contributed by atoms with van der Waals surface area (Å²) >= 11 is 0. The third-order valence-electron chi connectivity index (χ3n) is 9.73. The van der Waals surface area contributed by atoms with Gasteiger partial charge < -0.3 is 24.1 Å². The SMILES string of the molecule is CC(=O)O[C@H]1[C@H]2O[C@]23[C@@H]2C[C@@H]4C(=O)C[C@@H](O)CC[C@]4(O)[C@H]2CC[C@]3(C)[C@H]1c1ccc(=O)oc1. The number of epoxide rings is 1. The Kier molecular flexibility index (Phi) is 4.41. The Morgan fingerprint density at radius 3 is 2.67 bits per heavy atom. The zero-order valence-corrected chi connectivity index (χ0v) is 18.9.